The zero-order valence-corrected chi connectivity index (χ0v) is 14.1. The molecule has 0 radical (unpaired) electrons. The van der Waals surface area contributed by atoms with E-state index in [2.05, 4.69) is 22.5 Å². The van der Waals surface area contributed by atoms with E-state index in [1.165, 1.54) is 32.4 Å². The number of piperidine rings is 1. The number of urea groups is 1. The summed E-state index contributed by atoms with van der Waals surface area (Å²) in [6.07, 6.45) is 8.51. The van der Waals surface area contributed by atoms with Gasteiger partial charge in [-0.1, -0.05) is 26.2 Å². The first kappa shape index (κ1) is 17.5. The standard InChI is InChI=1S/C17H33N3O2/c1-2-20-12-7-15(8-13-20)6-11-18-16(21)19-14-17(22)9-4-3-5-10-17/h15,22H,2-14H2,1H3,(H2,18,19,21). The Labute approximate surface area is 134 Å². The second kappa shape index (κ2) is 8.73. The van der Waals surface area contributed by atoms with E-state index in [1.54, 1.807) is 0 Å². The smallest absolute Gasteiger partial charge is 0.314 e. The highest BCUT2D eigenvalue weighted by molar-refractivity contribution is 5.73. The normalized spacial score (nSPS) is 23.2. The fourth-order valence-electron chi connectivity index (χ4n) is 3.68. The lowest BCUT2D eigenvalue weighted by Crippen LogP contribution is -2.47. The number of amides is 2. The van der Waals surface area contributed by atoms with Crippen molar-refractivity contribution in [1.82, 2.24) is 15.5 Å². The number of carbonyl (C=O) groups excluding carboxylic acids is 1. The van der Waals surface area contributed by atoms with E-state index in [0.717, 1.165) is 51.1 Å². The quantitative estimate of drug-likeness (QED) is 0.704. The number of hydrogen-bond acceptors (Lipinski definition) is 3. The second-order valence-electron chi connectivity index (χ2n) is 7.06. The van der Waals surface area contributed by atoms with E-state index in [0.29, 0.717) is 6.54 Å². The van der Waals surface area contributed by atoms with E-state index < -0.39 is 5.60 Å². The van der Waals surface area contributed by atoms with Gasteiger partial charge < -0.3 is 20.6 Å². The molecule has 1 aliphatic carbocycles. The van der Waals surface area contributed by atoms with Gasteiger partial charge in [-0.2, -0.15) is 0 Å². The van der Waals surface area contributed by atoms with Gasteiger partial charge >= 0.3 is 6.03 Å². The molecule has 1 aliphatic heterocycles. The summed E-state index contributed by atoms with van der Waals surface area (Å²) in [5.74, 6) is 0.741. The molecule has 2 rings (SSSR count). The third-order valence-corrected chi connectivity index (χ3v) is 5.35. The Kier molecular flexibility index (Phi) is 6.96. The van der Waals surface area contributed by atoms with E-state index >= 15 is 0 Å². The highest BCUT2D eigenvalue weighted by Gasteiger charge is 2.29. The summed E-state index contributed by atoms with van der Waals surface area (Å²) in [4.78, 5) is 14.3. The van der Waals surface area contributed by atoms with Crippen molar-refractivity contribution in [3.05, 3.63) is 0 Å². The van der Waals surface area contributed by atoms with Crippen molar-refractivity contribution in [2.45, 2.75) is 63.9 Å². The molecule has 0 aromatic heterocycles. The van der Waals surface area contributed by atoms with E-state index in [9.17, 15) is 9.90 Å². The summed E-state index contributed by atoms with van der Waals surface area (Å²) in [5.41, 5.74) is -0.678. The molecule has 2 amide bonds. The summed E-state index contributed by atoms with van der Waals surface area (Å²) < 4.78 is 0. The maximum Gasteiger partial charge on any atom is 0.314 e. The lowest BCUT2D eigenvalue weighted by molar-refractivity contribution is 0.00719. The molecule has 2 fully saturated rings. The molecule has 0 spiro atoms. The first-order valence-electron chi connectivity index (χ1n) is 9.08. The predicted molar refractivity (Wildman–Crippen MR) is 88.9 cm³/mol. The first-order valence-corrected chi connectivity index (χ1v) is 9.08. The van der Waals surface area contributed by atoms with Gasteiger partial charge in [0.2, 0.25) is 0 Å². The average molecular weight is 311 g/mol. The van der Waals surface area contributed by atoms with Gasteiger partial charge in [0.1, 0.15) is 0 Å². The minimum Gasteiger partial charge on any atom is -0.388 e. The zero-order chi connectivity index (χ0) is 15.8. The van der Waals surface area contributed by atoms with Crippen molar-refractivity contribution in [3.63, 3.8) is 0 Å². The molecule has 22 heavy (non-hydrogen) atoms. The summed E-state index contributed by atoms with van der Waals surface area (Å²) in [5, 5.41) is 16.1. The zero-order valence-electron chi connectivity index (χ0n) is 14.1. The molecule has 3 N–H and O–H groups in total. The molecule has 2 aliphatic rings. The third-order valence-electron chi connectivity index (χ3n) is 5.35. The molecule has 1 saturated carbocycles. The highest BCUT2D eigenvalue weighted by atomic mass is 16.3. The maximum atomic E-state index is 11.8. The van der Waals surface area contributed by atoms with Crippen LogP contribution in [-0.4, -0.2) is 54.4 Å². The topological polar surface area (TPSA) is 64.6 Å². The predicted octanol–water partition coefficient (Wildman–Crippen LogP) is 2.10. The van der Waals surface area contributed by atoms with Crippen LogP contribution < -0.4 is 10.6 Å². The Morgan fingerprint density at radius 3 is 2.50 bits per heavy atom. The molecule has 1 heterocycles. The number of carbonyl (C=O) groups is 1. The van der Waals surface area contributed by atoms with Crippen LogP contribution in [0.2, 0.25) is 0 Å². The Balaban J connectivity index is 1.54. The summed E-state index contributed by atoms with van der Waals surface area (Å²) in [7, 11) is 0. The van der Waals surface area contributed by atoms with Crippen LogP contribution in [0.15, 0.2) is 0 Å². The summed E-state index contributed by atoms with van der Waals surface area (Å²) >= 11 is 0. The number of aliphatic hydroxyl groups is 1. The van der Waals surface area contributed by atoms with E-state index in [4.69, 9.17) is 0 Å². The molecule has 0 unspecified atom stereocenters. The lowest BCUT2D eigenvalue weighted by atomic mass is 9.85. The van der Waals surface area contributed by atoms with E-state index in [1.807, 2.05) is 0 Å². The largest absolute Gasteiger partial charge is 0.388 e. The van der Waals surface area contributed by atoms with Crippen LogP contribution >= 0.6 is 0 Å². The molecule has 0 aromatic rings. The van der Waals surface area contributed by atoms with Gasteiger partial charge in [-0.05, 0) is 57.7 Å². The number of hydrogen-bond donors (Lipinski definition) is 3. The van der Waals surface area contributed by atoms with Gasteiger partial charge in [0, 0.05) is 13.1 Å². The molecular weight excluding hydrogens is 278 g/mol. The van der Waals surface area contributed by atoms with Crippen LogP contribution in [0.25, 0.3) is 0 Å². The fraction of sp³-hybridized carbons (Fsp3) is 0.941. The number of rotatable bonds is 6. The van der Waals surface area contributed by atoms with Crippen molar-refractivity contribution in [3.8, 4) is 0 Å². The van der Waals surface area contributed by atoms with Gasteiger partial charge in [-0.25, -0.2) is 4.79 Å². The molecule has 0 atom stereocenters. The number of nitrogens with one attached hydrogen (secondary N) is 2. The van der Waals surface area contributed by atoms with Crippen LogP contribution in [0.1, 0.15) is 58.3 Å². The maximum absolute atomic E-state index is 11.8. The van der Waals surface area contributed by atoms with Gasteiger partial charge in [-0.3, -0.25) is 0 Å². The highest BCUT2D eigenvalue weighted by Crippen LogP contribution is 2.27. The Hall–Kier alpha value is -0.810. The van der Waals surface area contributed by atoms with Crippen molar-refractivity contribution in [2.24, 2.45) is 5.92 Å². The molecule has 5 nitrogen and oxygen atoms in total. The summed E-state index contributed by atoms with van der Waals surface area (Å²) in [6.45, 7) is 6.87. The number of nitrogens with zero attached hydrogens (tertiary/aromatic N) is 1. The van der Waals surface area contributed by atoms with Crippen LogP contribution in [0, 0.1) is 5.92 Å². The van der Waals surface area contributed by atoms with E-state index in [-0.39, 0.29) is 6.03 Å². The number of likely N-dealkylation sites (tertiary alicyclic amines) is 1. The molecule has 128 valence electrons. The molecule has 0 aromatic carbocycles. The first-order chi connectivity index (χ1) is 10.6. The minimum absolute atomic E-state index is 0.134. The summed E-state index contributed by atoms with van der Waals surface area (Å²) in [6, 6.07) is -0.134. The van der Waals surface area contributed by atoms with Crippen LogP contribution in [0.3, 0.4) is 0 Å². The van der Waals surface area contributed by atoms with Crippen LogP contribution in [0.4, 0.5) is 4.79 Å². The molecule has 5 heteroatoms. The van der Waals surface area contributed by atoms with Crippen LogP contribution in [-0.2, 0) is 0 Å². The van der Waals surface area contributed by atoms with Crippen molar-refractivity contribution in [1.29, 1.82) is 0 Å². The monoisotopic (exact) mass is 311 g/mol. The molecule has 0 bridgehead atoms. The second-order valence-corrected chi connectivity index (χ2v) is 7.06. The lowest BCUT2D eigenvalue weighted by Gasteiger charge is -2.32. The van der Waals surface area contributed by atoms with Gasteiger partial charge in [0.05, 0.1) is 5.60 Å². The van der Waals surface area contributed by atoms with Crippen LogP contribution in [0.5, 0.6) is 0 Å². The minimum atomic E-state index is -0.678. The van der Waals surface area contributed by atoms with Gasteiger partial charge in [-0.15, -0.1) is 0 Å². The Morgan fingerprint density at radius 2 is 1.86 bits per heavy atom. The van der Waals surface area contributed by atoms with Gasteiger partial charge in [0.15, 0.2) is 0 Å². The van der Waals surface area contributed by atoms with Crippen molar-refractivity contribution in [2.75, 3.05) is 32.7 Å². The molecular formula is C17H33N3O2. The molecule has 1 saturated heterocycles. The van der Waals surface area contributed by atoms with Gasteiger partial charge in [0.25, 0.3) is 0 Å². The average Bonchev–Trinajstić information content (AvgIpc) is 2.54. The van der Waals surface area contributed by atoms with Crippen molar-refractivity contribution >= 4 is 6.03 Å². The van der Waals surface area contributed by atoms with Crippen molar-refractivity contribution < 1.29 is 9.90 Å². The SMILES string of the molecule is CCN1CCC(CCNC(=O)NCC2(O)CCCCC2)CC1. The fourth-order valence-corrected chi connectivity index (χ4v) is 3.68. The Morgan fingerprint density at radius 1 is 1.18 bits per heavy atom. The Bertz CT molecular complexity index is 335. The third kappa shape index (κ3) is 5.76.